The summed E-state index contributed by atoms with van der Waals surface area (Å²) < 4.78 is 5.26. The molecule has 0 amide bonds. The lowest BCUT2D eigenvalue weighted by Crippen LogP contribution is -2.48. The second-order valence-electron chi connectivity index (χ2n) is 3.89. The SMILES string of the molecule is CCOCCCNC1(C)CCC1. The Labute approximate surface area is 75.7 Å². The highest BCUT2D eigenvalue weighted by atomic mass is 16.5. The molecule has 1 aliphatic rings. The van der Waals surface area contributed by atoms with Gasteiger partial charge in [0, 0.05) is 18.8 Å². The highest BCUT2D eigenvalue weighted by Gasteiger charge is 2.30. The number of rotatable bonds is 6. The molecule has 0 spiro atoms. The highest BCUT2D eigenvalue weighted by molar-refractivity contribution is 4.90. The van der Waals surface area contributed by atoms with Crippen LogP contribution < -0.4 is 5.32 Å². The van der Waals surface area contributed by atoms with Gasteiger partial charge in [0.05, 0.1) is 0 Å². The van der Waals surface area contributed by atoms with Crippen molar-refractivity contribution in [3.8, 4) is 0 Å². The van der Waals surface area contributed by atoms with Gasteiger partial charge in [0.2, 0.25) is 0 Å². The average Bonchev–Trinajstić information content (AvgIpc) is 2.01. The molecule has 0 aromatic rings. The summed E-state index contributed by atoms with van der Waals surface area (Å²) in [5.41, 5.74) is 0.464. The third-order valence-electron chi connectivity index (χ3n) is 2.68. The zero-order valence-corrected chi connectivity index (χ0v) is 8.36. The Morgan fingerprint density at radius 3 is 2.67 bits per heavy atom. The molecule has 0 unspecified atom stereocenters. The minimum absolute atomic E-state index is 0.464. The van der Waals surface area contributed by atoms with Gasteiger partial charge in [-0.1, -0.05) is 0 Å². The predicted molar refractivity (Wildman–Crippen MR) is 51.4 cm³/mol. The average molecular weight is 171 g/mol. The van der Waals surface area contributed by atoms with E-state index in [2.05, 4.69) is 12.2 Å². The second-order valence-corrected chi connectivity index (χ2v) is 3.89. The van der Waals surface area contributed by atoms with Gasteiger partial charge >= 0.3 is 0 Å². The summed E-state index contributed by atoms with van der Waals surface area (Å²) in [5, 5.41) is 3.57. The first-order valence-electron chi connectivity index (χ1n) is 5.10. The molecule has 12 heavy (non-hydrogen) atoms. The molecule has 1 fully saturated rings. The van der Waals surface area contributed by atoms with Gasteiger partial charge in [0.1, 0.15) is 0 Å². The van der Waals surface area contributed by atoms with E-state index < -0.39 is 0 Å². The first kappa shape index (κ1) is 10.0. The molecule has 1 aliphatic carbocycles. The molecular formula is C10H21NO. The molecule has 1 saturated carbocycles. The largest absolute Gasteiger partial charge is 0.382 e. The van der Waals surface area contributed by atoms with Gasteiger partial charge in [-0.3, -0.25) is 0 Å². The fourth-order valence-electron chi connectivity index (χ4n) is 1.59. The molecule has 2 heteroatoms. The topological polar surface area (TPSA) is 21.3 Å². The number of nitrogens with one attached hydrogen (secondary N) is 1. The molecule has 0 aromatic heterocycles. The van der Waals surface area contributed by atoms with E-state index in [4.69, 9.17) is 4.74 Å². The zero-order valence-electron chi connectivity index (χ0n) is 8.36. The molecule has 0 atom stereocenters. The Morgan fingerprint density at radius 2 is 2.17 bits per heavy atom. The Hall–Kier alpha value is -0.0800. The highest BCUT2D eigenvalue weighted by Crippen LogP contribution is 2.30. The lowest BCUT2D eigenvalue weighted by atomic mass is 9.78. The molecule has 72 valence electrons. The van der Waals surface area contributed by atoms with Gasteiger partial charge in [0.15, 0.2) is 0 Å². The van der Waals surface area contributed by atoms with Crippen molar-refractivity contribution in [1.29, 1.82) is 0 Å². The van der Waals surface area contributed by atoms with Crippen LogP contribution in [0.5, 0.6) is 0 Å². The number of ether oxygens (including phenoxy) is 1. The minimum Gasteiger partial charge on any atom is -0.382 e. The van der Waals surface area contributed by atoms with E-state index in [1.54, 1.807) is 0 Å². The van der Waals surface area contributed by atoms with Crippen molar-refractivity contribution in [2.75, 3.05) is 19.8 Å². The van der Waals surface area contributed by atoms with E-state index in [0.717, 1.165) is 26.2 Å². The molecule has 0 radical (unpaired) electrons. The fraction of sp³-hybridized carbons (Fsp3) is 1.00. The van der Waals surface area contributed by atoms with Crippen LogP contribution in [0, 0.1) is 0 Å². The van der Waals surface area contributed by atoms with Crippen molar-refractivity contribution in [2.45, 2.75) is 45.1 Å². The summed E-state index contributed by atoms with van der Waals surface area (Å²) in [6.07, 6.45) is 5.24. The monoisotopic (exact) mass is 171 g/mol. The predicted octanol–water partition coefficient (Wildman–Crippen LogP) is 1.95. The van der Waals surface area contributed by atoms with Gasteiger partial charge < -0.3 is 10.1 Å². The molecular weight excluding hydrogens is 150 g/mol. The molecule has 2 nitrogen and oxygen atoms in total. The lowest BCUT2D eigenvalue weighted by molar-refractivity contribution is 0.136. The van der Waals surface area contributed by atoms with E-state index in [-0.39, 0.29) is 0 Å². The zero-order chi connectivity index (χ0) is 8.86. The molecule has 0 saturated heterocycles. The first-order chi connectivity index (χ1) is 5.77. The van der Waals surface area contributed by atoms with E-state index in [1.807, 2.05) is 6.92 Å². The molecule has 1 rings (SSSR count). The number of hydrogen-bond donors (Lipinski definition) is 1. The summed E-state index contributed by atoms with van der Waals surface area (Å²) >= 11 is 0. The quantitative estimate of drug-likeness (QED) is 0.617. The van der Waals surface area contributed by atoms with E-state index in [1.165, 1.54) is 19.3 Å². The third-order valence-corrected chi connectivity index (χ3v) is 2.68. The van der Waals surface area contributed by atoms with Crippen molar-refractivity contribution in [3.05, 3.63) is 0 Å². The van der Waals surface area contributed by atoms with Gasteiger partial charge in [0.25, 0.3) is 0 Å². The molecule has 0 bridgehead atoms. The van der Waals surface area contributed by atoms with Gasteiger partial charge in [-0.25, -0.2) is 0 Å². The van der Waals surface area contributed by atoms with E-state index in [9.17, 15) is 0 Å². The Balaban J connectivity index is 1.88. The van der Waals surface area contributed by atoms with E-state index in [0.29, 0.717) is 5.54 Å². The minimum atomic E-state index is 0.464. The van der Waals surface area contributed by atoms with Crippen LogP contribution in [-0.2, 0) is 4.74 Å². The van der Waals surface area contributed by atoms with Crippen molar-refractivity contribution in [2.24, 2.45) is 0 Å². The van der Waals surface area contributed by atoms with Crippen molar-refractivity contribution in [1.82, 2.24) is 5.32 Å². The lowest BCUT2D eigenvalue weighted by Gasteiger charge is -2.39. The molecule has 0 aromatic carbocycles. The van der Waals surface area contributed by atoms with Crippen LogP contribution >= 0.6 is 0 Å². The van der Waals surface area contributed by atoms with Crippen LogP contribution in [0.25, 0.3) is 0 Å². The number of hydrogen-bond acceptors (Lipinski definition) is 2. The van der Waals surface area contributed by atoms with Crippen LogP contribution in [0.2, 0.25) is 0 Å². The first-order valence-corrected chi connectivity index (χ1v) is 5.10. The summed E-state index contributed by atoms with van der Waals surface area (Å²) in [4.78, 5) is 0. The Morgan fingerprint density at radius 1 is 1.42 bits per heavy atom. The molecule has 0 aliphatic heterocycles. The maximum absolute atomic E-state index is 5.26. The Bertz CT molecular complexity index is 121. The summed E-state index contributed by atoms with van der Waals surface area (Å²) in [5.74, 6) is 0. The van der Waals surface area contributed by atoms with E-state index >= 15 is 0 Å². The van der Waals surface area contributed by atoms with Crippen LogP contribution in [-0.4, -0.2) is 25.3 Å². The maximum atomic E-state index is 5.26. The smallest absolute Gasteiger partial charge is 0.0477 e. The molecule has 1 N–H and O–H groups in total. The van der Waals surface area contributed by atoms with Crippen molar-refractivity contribution >= 4 is 0 Å². The standard InChI is InChI=1S/C10H21NO/c1-3-12-9-5-8-11-10(2)6-4-7-10/h11H,3-9H2,1-2H3. The Kier molecular flexibility index (Phi) is 4.02. The van der Waals surface area contributed by atoms with Gasteiger partial charge in [-0.2, -0.15) is 0 Å². The maximum Gasteiger partial charge on any atom is 0.0477 e. The van der Waals surface area contributed by atoms with Crippen LogP contribution in [0.4, 0.5) is 0 Å². The van der Waals surface area contributed by atoms with Gasteiger partial charge in [-0.15, -0.1) is 0 Å². The fourth-order valence-corrected chi connectivity index (χ4v) is 1.59. The van der Waals surface area contributed by atoms with Crippen LogP contribution in [0.1, 0.15) is 39.5 Å². The van der Waals surface area contributed by atoms with Crippen molar-refractivity contribution in [3.63, 3.8) is 0 Å². The molecule has 0 heterocycles. The summed E-state index contributed by atoms with van der Waals surface area (Å²) in [7, 11) is 0. The second kappa shape index (κ2) is 4.83. The summed E-state index contributed by atoms with van der Waals surface area (Å²) in [6, 6.07) is 0. The third kappa shape index (κ3) is 3.11. The summed E-state index contributed by atoms with van der Waals surface area (Å²) in [6.45, 7) is 7.21. The van der Waals surface area contributed by atoms with Gasteiger partial charge in [-0.05, 0) is 46.1 Å². The normalized spacial score (nSPS) is 20.5. The van der Waals surface area contributed by atoms with Crippen LogP contribution in [0.15, 0.2) is 0 Å². The van der Waals surface area contributed by atoms with Crippen molar-refractivity contribution < 1.29 is 4.74 Å². The van der Waals surface area contributed by atoms with Crippen LogP contribution in [0.3, 0.4) is 0 Å².